The van der Waals surface area contributed by atoms with Gasteiger partial charge in [0, 0.05) is 6.54 Å². The number of nitrogens with two attached hydrogens (primary N) is 1. The van der Waals surface area contributed by atoms with Crippen molar-refractivity contribution in [3.63, 3.8) is 0 Å². The van der Waals surface area contributed by atoms with Gasteiger partial charge >= 0.3 is 0 Å². The first-order valence-corrected chi connectivity index (χ1v) is 5.94. The molecule has 18 heavy (non-hydrogen) atoms. The summed E-state index contributed by atoms with van der Waals surface area (Å²) in [4.78, 5) is 16.0. The van der Waals surface area contributed by atoms with Crippen molar-refractivity contribution in [3.05, 3.63) is 11.4 Å². The van der Waals surface area contributed by atoms with Crippen molar-refractivity contribution in [2.24, 2.45) is 5.73 Å². The molecule has 98 valence electrons. The molecule has 1 fully saturated rings. The number of nitrogens with zero attached hydrogens (tertiary/aromatic N) is 3. The summed E-state index contributed by atoms with van der Waals surface area (Å²) in [5, 5.41) is 10.3. The molecule has 1 saturated heterocycles. The highest BCUT2D eigenvalue weighted by Crippen LogP contribution is 2.19. The van der Waals surface area contributed by atoms with E-state index in [2.05, 4.69) is 20.5 Å². The predicted octanol–water partition coefficient (Wildman–Crippen LogP) is -0.0668. The van der Waals surface area contributed by atoms with E-state index in [1.165, 1.54) is 0 Å². The maximum atomic E-state index is 11.9. The van der Waals surface area contributed by atoms with Crippen LogP contribution in [0.25, 0.3) is 0 Å². The van der Waals surface area contributed by atoms with Crippen molar-refractivity contribution in [1.82, 2.24) is 15.2 Å². The molecule has 1 aromatic heterocycles. The second-order valence-electron chi connectivity index (χ2n) is 4.36. The number of carbonyl (C=O) groups excluding carboxylic acids is 1. The number of aryl methyl sites for hydroxylation is 2. The fourth-order valence-electron chi connectivity index (χ4n) is 1.77. The number of anilines is 1. The van der Waals surface area contributed by atoms with Crippen molar-refractivity contribution in [2.75, 3.05) is 11.9 Å². The second kappa shape index (κ2) is 5.36. The first kappa shape index (κ1) is 12.8. The molecule has 0 radical (unpaired) electrons. The first-order valence-electron chi connectivity index (χ1n) is 5.94. The number of nitrogens with one attached hydrogen (secondary N) is 1. The minimum atomic E-state index is -0.469. The predicted molar refractivity (Wildman–Crippen MR) is 64.9 cm³/mol. The van der Waals surface area contributed by atoms with Crippen molar-refractivity contribution >= 4 is 11.9 Å². The molecule has 0 aromatic carbocycles. The molecule has 7 heteroatoms. The summed E-state index contributed by atoms with van der Waals surface area (Å²) in [6, 6.07) is 0. The van der Waals surface area contributed by atoms with Crippen LogP contribution in [0, 0.1) is 13.8 Å². The molecule has 2 unspecified atom stereocenters. The van der Waals surface area contributed by atoms with E-state index in [1.54, 1.807) is 0 Å². The van der Waals surface area contributed by atoms with Crippen LogP contribution in [0.2, 0.25) is 0 Å². The van der Waals surface area contributed by atoms with Gasteiger partial charge in [-0.15, -0.1) is 5.10 Å². The second-order valence-corrected chi connectivity index (χ2v) is 4.36. The number of aromatic nitrogens is 3. The van der Waals surface area contributed by atoms with Gasteiger partial charge in [0.05, 0.1) is 17.5 Å². The Morgan fingerprint density at radius 2 is 2.17 bits per heavy atom. The Morgan fingerprint density at radius 1 is 1.39 bits per heavy atom. The monoisotopic (exact) mass is 251 g/mol. The third kappa shape index (κ3) is 2.80. The van der Waals surface area contributed by atoms with Gasteiger partial charge in [-0.3, -0.25) is 10.1 Å². The molecular formula is C11H17N5O2. The Bertz CT molecular complexity index is 451. The Morgan fingerprint density at radius 3 is 2.78 bits per heavy atom. The largest absolute Gasteiger partial charge is 0.364 e. The molecule has 2 heterocycles. The zero-order chi connectivity index (χ0) is 13.1. The van der Waals surface area contributed by atoms with E-state index in [4.69, 9.17) is 10.5 Å². The minimum absolute atomic E-state index is 0.0282. The van der Waals surface area contributed by atoms with Crippen molar-refractivity contribution in [2.45, 2.75) is 38.9 Å². The average Bonchev–Trinajstić information content (AvgIpc) is 2.82. The number of amides is 1. The summed E-state index contributed by atoms with van der Waals surface area (Å²) in [7, 11) is 0. The Kier molecular flexibility index (Phi) is 3.83. The van der Waals surface area contributed by atoms with Crippen molar-refractivity contribution in [3.8, 4) is 0 Å². The summed E-state index contributed by atoms with van der Waals surface area (Å²) in [6.45, 7) is 4.06. The molecule has 0 spiro atoms. The molecule has 1 amide bonds. The summed E-state index contributed by atoms with van der Waals surface area (Å²) in [5.41, 5.74) is 6.98. The number of ether oxygens (including phenoxy) is 1. The van der Waals surface area contributed by atoms with Gasteiger partial charge in [0.2, 0.25) is 5.95 Å². The summed E-state index contributed by atoms with van der Waals surface area (Å²) < 4.78 is 5.49. The molecule has 0 bridgehead atoms. The lowest BCUT2D eigenvalue weighted by Crippen LogP contribution is -2.30. The zero-order valence-electron chi connectivity index (χ0n) is 10.5. The number of hydrogen-bond donors (Lipinski definition) is 2. The van der Waals surface area contributed by atoms with Crippen LogP contribution < -0.4 is 11.1 Å². The lowest BCUT2D eigenvalue weighted by molar-refractivity contribution is -0.126. The topological polar surface area (TPSA) is 103 Å². The quantitative estimate of drug-likeness (QED) is 0.779. The van der Waals surface area contributed by atoms with Crippen molar-refractivity contribution < 1.29 is 9.53 Å². The Labute approximate surface area is 105 Å². The van der Waals surface area contributed by atoms with E-state index in [0.29, 0.717) is 13.0 Å². The van der Waals surface area contributed by atoms with E-state index in [-0.39, 0.29) is 18.0 Å². The maximum Gasteiger partial charge on any atom is 0.255 e. The van der Waals surface area contributed by atoms with E-state index >= 15 is 0 Å². The lowest BCUT2D eigenvalue weighted by atomic mass is 10.2. The molecule has 1 aliphatic heterocycles. The molecule has 2 atom stereocenters. The summed E-state index contributed by atoms with van der Waals surface area (Å²) >= 11 is 0. The van der Waals surface area contributed by atoms with Crippen LogP contribution >= 0.6 is 0 Å². The van der Waals surface area contributed by atoms with Gasteiger partial charge in [-0.25, -0.2) is 4.98 Å². The number of hydrogen-bond acceptors (Lipinski definition) is 6. The SMILES string of the molecule is Cc1nnc(NC(=O)C2CCC(CN)O2)nc1C. The third-order valence-electron chi connectivity index (χ3n) is 2.99. The summed E-state index contributed by atoms with van der Waals surface area (Å²) in [5.74, 6) is -0.0288. The zero-order valence-corrected chi connectivity index (χ0v) is 10.5. The Balaban J connectivity index is 1.97. The fourth-order valence-corrected chi connectivity index (χ4v) is 1.77. The highest BCUT2D eigenvalue weighted by atomic mass is 16.5. The first-order chi connectivity index (χ1) is 8.60. The molecule has 2 rings (SSSR count). The molecule has 0 saturated carbocycles. The van der Waals surface area contributed by atoms with Gasteiger partial charge in [-0.1, -0.05) is 0 Å². The van der Waals surface area contributed by atoms with E-state index in [0.717, 1.165) is 17.8 Å². The van der Waals surface area contributed by atoms with Crippen LogP contribution in [-0.2, 0) is 9.53 Å². The lowest BCUT2D eigenvalue weighted by Gasteiger charge is -2.11. The van der Waals surface area contributed by atoms with Gasteiger partial charge in [-0.2, -0.15) is 5.10 Å². The Hall–Kier alpha value is -1.60. The van der Waals surface area contributed by atoms with Gasteiger partial charge in [-0.05, 0) is 26.7 Å². The van der Waals surface area contributed by atoms with Crippen LogP contribution in [0.1, 0.15) is 24.2 Å². The van der Waals surface area contributed by atoms with E-state index < -0.39 is 6.10 Å². The number of rotatable bonds is 3. The van der Waals surface area contributed by atoms with Crippen LogP contribution in [0.3, 0.4) is 0 Å². The fraction of sp³-hybridized carbons (Fsp3) is 0.636. The average molecular weight is 251 g/mol. The highest BCUT2D eigenvalue weighted by Gasteiger charge is 2.30. The van der Waals surface area contributed by atoms with Gasteiger partial charge in [0.15, 0.2) is 0 Å². The highest BCUT2D eigenvalue weighted by molar-refractivity contribution is 5.92. The third-order valence-corrected chi connectivity index (χ3v) is 2.99. The normalized spacial score (nSPS) is 23.1. The van der Waals surface area contributed by atoms with Gasteiger partial charge in [0.25, 0.3) is 5.91 Å². The van der Waals surface area contributed by atoms with E-state index in [1.807, 2.05) is 13.8 Å². The minimum Gasteiger partial charge on any atom is -0.364 e. The van der Waals surface area contributed by atoms with E-state index in [9.17, 15) is 4.79 Å². The van der Waals surface area contributed by atoms with Crippen molar-refractivity contribution in [1.29, 1.82) is 0 Å². The van der Waals surface area contributed by atoms with Gasteiger partial charge in [0.1, 0.15) is 6.10 Å². The molecule has 7 nitrogen and oxygen atoms in total. The molecule has 1 aliphatic rings. The standard InChI is InChI=1S/C11H17N5O2/c1-6-7(2)15-16-11(13-6)14-10(17)9-4-3-8(5-12)18-9/h8-9H,3-5,12H2,1-2H3,(H,13,14,16,17). The smallest absolute Gasteiger partial charge is 0.255 e. The maximum absolute atomic E-state index is 11.9. The van der Waals surface area contributed by atoms with Crippen LogP contribution in [0.15, 0.2) is 0 Å². The van der Waals surface area contributed by atoms with Gasteiger partial charge < -0.3 is 10.5 Å². The van der Waals surface area contributed by atoms with Crippen LogP contribution in [0.4, 0.5) is 5.95 Å². The molecule has 1 aromatic rings. The number of carbonyl (C=O) groups is 1. The molecular weight excluding hydrogens is 234 g/mol. The van der Waals surface area contributed by atoms with Crippen LogP contribution in [-0.4, -0.2) is 39.8 Å². The summed E-state index contributed by atoms with van der Waals surface area (Å²) in [6.07, 6.45) is 0.982. The molecule has 3 N–H and O–H groups in total. The van der Waals surface area contributed by atoms with Crippen LogP contribution in [0.5, 0.6) is 0 Å². The molecule has 0 aliphatic carbocycles.